The van der Waals surface area contributed by atoms with Crippen molar-refractivity contribution < 1.29 is 33.8 Å². The lowest BCUT2D eigenvalue weighted by atomic mass is 9.70. The van der Waals surface area contributed by atoms with E-state index in [2.05, 4.69) is 20.1 Å². The van der Waals surface area contributed by atoms with Crippen molar-refractivity contribution in [3.8, 4) is 0 Å². The van der Waals surface area contributed by atoms with Crippen LogP contribution in [0.5, 0.6) is 0 Å². The number of unbranched alkanes of at least 4 members (excludes halogenated alkanes) is 4. The molecule has 1 aromatic rings. The quantitative estimate of drug-likeness (QED) is 0.121. The van der Waals surface area contributed by atoms with Crippen LogP contribution in [0.4, 0.5) is 0 Å². The number of nitrogens with zero attached hydrogens (tertiary/aromatic N) is 3. The van der Waals surface area contributed by atoms with Gasteiger partial charge in [-0.3, -0.25) is 19.2 Å². The van der Waals surface area contributed by atoms with Gasteiger partial charge in [-0.25, -0.2) is 0 Å². The molecule has 0 saturated carbocycles. The van der Waals surface area contributed by atoms with Crippen molar-refractivity contribution in [1.29, 1.82) is 0 Å². The van der Waals surface area contributed by atoms with Crippen LogP contribution in [-0.2, 0) is 28.7 Å². The minimum absolute atomic E-state index is 0.0577. The molecule has 3 saturated heterocycles. The van der Waals surface area contributed by atoms with E-state index in [4.69, 9.17) is 9.47 Å². The minimum atomic E-state index is -1.13. The van der Waals surface area contributed by atoms with Gasteiger partial charge in [0, 0.05) is 39.7 Å². The Morgan fingerprint density at radius 2 is 1.88 bits per heavy atom. The van der Waals surface area contributed by atoms with Crippen LogP contribution >= 0.6 is 0 Å². The summed E-state index contributed by atoms with van der Waals surface area (Å²) in [6, 6.07) is 7.98. The third kappa shape index (κ3) is 7.70. The molecule has 0 unspecified atom stereocenters. The van der Waals surface area contributed by atoms with Crippen LogP contribution in [0.3, 0.4) is 0 Å². The lowest BCUT2D eigenvalue weighted by molar-refractivity contribution is -0.164. The van der Waals surface area contributed by atoms with Crippen molar-refractivity contribution in [2.45, 2.75) is 108 Å². The third-order valence-electron chi connectivity index (χ3n) is 10.4. The smallest absolute Gasteiger partial charge is 0.313 e. The maximum atomic E-state index is 14.4. The molecule has 0 aromatic heterocycles. The van der Waals surface area contributed by atoms with Crippen molar-refractivity contribution in [1.82, 2.24) is 14.7 Å². The summed E-state index contributed by atoms with van der Waals surface area (Å²) in [5.41, 5.74) is -0.390. The van der Waals surface area contributed by atoms with Crippen molar-refractivity contribution in [2.24, 2.45) is 11.8 Å². The van der Waals surface area contributed by atoms with E-state index in [9.17, 15) is 24.3 Å². The number of likely N-dealkylation sites (tertiary alicyclic amines) is 1. The number of ether oxygens (including phenoxy) is 2. The second-order valence-corrected chi connectivity index (χ2v) is 13.5. The molecule has 48 heavy (non-hydrogen) atoms. The number of fused-ring (bicyclic) bond motifs is 1. The highest BCUT2D eigenvalue weighted by Crippen LogP contribution is 2.59. The normalized spacial score (nSPS) is 25.3. The number of aliphatic hydroxyl groups excluding tert-OH is 1. The molecule has 4 rings (SSSR count). The molecule has 1 spiro atoms. The van der Waals surface area contributed by atoms with Gasteiger partial charge in [-0.15, -0.1) is 13.2 Å². The SMILES string of the molecule is C=CCCC(=O)N(C)[C@H](C)[C@H](OC(=O)[C@@H]1[C@@H]2CC[C@]3(O2)[C@H](C(=O)N(CC=C)CCCCC)N(CCCCCO)C(=O)[C@@H]13)c1ccccc1. The molecule has 10 nitrogen and oxygen atoms in total. The molecule has 0 aliphatic carbocycles. The van der Waals surface area contributed by atoms with Gasteiger partial charge in [0.15, 0.2) is 0 Å². The Morgan fingerprint density at radius 1 is 1.12 bits per heavy atom. The van der Waals surface area contributed by atoms with Crippen LogP contribution in [0.15, 0.2) is 55.6 Å². The first kappa shape index (κ1) is 37.3. The summed E-state index contributed by atoms with van der Waals surface area (Å²) in [7, 11) is 1.70. The molecule has 7 atom stereocenters. The molecule has 1 aromatic carbocycles. The number of likely N-dealkylation sites (N-methyl/N-ethyl adjacent to an activating group) is 1. The number of amides is 3. The zero-order valence-electron chi connectivity index (χ0n) is 29.1. The van der Waals surface area contributed by atoms with Crippen LogP contribution in [0.1, 0.15) is 89.7 Å². The molecule has 3 aliphatic heterocycles. The number of carbonyl (C=O) groups excluding carboxylic acids is 4. The predicted molar refractivity (Wildman–Crippen MR) is 183 cm³/mol. The Balaban J connectivity index is 1.65. The van der Waals surface area contributed by atoms with Gasteiger partial charge in [0.05, 0.1) is 24.0 Å². The number of aliphatic hydroxyl groups is 1. The Kier molecular flexibility index (Phi) is 13.4. The number of rotatable bonds is 20. The Hall–Kier alpha value is -3.50. The average molecular weight is 666 g/mol. The van der Waals surface area contributed by atoms with Crippen LogP contribution in [-0.4, -0.2) is 101 Å². The number of hydrogen-bond acceptors (Lipinski definition) is 7. The van der Waals surface area contributed by atoms with Gasteiger partial charge < -0.3 is 29.3 Å². The summed E-state index contributed by atoms with van der Waals surface area (Å²) in [4.78, 5) is 61.2. The van der Waals surface area contributed by atoms with E-state index >= 15 is 0 Å². The molecule has 3 heterocycles. The summed E-state index contributed by atoms with van der Waals surface area (Å²) in [5, 5.41) is 9.34. The lowest BCUT2D eigenvalue weighted by Gasteiger charge is -2.37. The van der Waals surface area contributed by atoms with E-state index in [0.717, 1.165) is 24.8 Å². The molecule has 264 valence electrons. The van der Waals surface area contributed by atoms with Crippen LogP contribution in [0.25, 0.3) is 0 Å². The summed E-state index contributed by atoms with van der Waals surface area (Å²) in [6.45, 7) is 12.9. The predicted octanol–water partition coefficient (Wildman–Crippen LogP) is 4.83. The first-order valence-electron chi connectivity index (χ1n) is 17.8. The summed E-state index contributed by atoms with van der Waals surface area (Å²) >= 11 is 0. The highest BCUT2D eigenvalue weighted by molar-refractivity contribution is 5.98. The number of allylic oxidation sites excluding steroid dienone is 1. The minimum Gasteiger partial charge on any atom is -0.455 e. The van der Waals surface area contributed by atoms with E-state index in [1.165, 1.54) is 0 Å². The van der Waals surface area contributed by atoms with Crippen LogP contribution in [0, 0.1) is 11.8 Å². The number of hydrogen-bond donors (Lipinski definition) is 1. The summed E-state index contributed by atoms with van der Waals surface area (Å²) < 4.78 is 13.0. The van der Waals surface area contributed by atoms with Crippen molar-refractivity contribution in [2.75, 3.05) is 33.3 Å². The van der Waals surface area contributed by atoms with Gasteiger partial charge in [-0.1, -0.05) is 62.2 Å². The zero-order valence-corrected chi connectivity index (χ0v) is 29.1. The molecule has 3 fully saturated rings. The van der Waals surface area contributed by atoms with Gasteiger partial charge in [-0.2, -0.15) is 0 Å². The highest BCUT2D eigenvalue weighted by atomic mass is 16.6. The van der Waals surface area contributed by atoms with E-state index in [1.54, 1.807) is 33.9 Å². The van der Waals surface area contributed by atoms with Gasteiger partial charge in [-0.05, 0) is 57.4 Å². The topological polar surface area (TPSA) is 117 Å². The fourth-order valence-electron chi connectivity index (χ4n) is 7.81. The average Bonchev–Trinajstić information content (AvgIpc) is 3.74. The Bertz CT molecular complexity index is 1290. The van der Waals surface area contributed by atoms with E-state index in [1.807, 2.05) is 37.3 Å². The molecule has 1 N–H and O–H groups in total. The van der Waals surface area contributed by atoms with E-state index in [0.29, 0.717) is 64.6 Å². The summed E-state index contributed by atoms with van der Waals surface area (Å²) in [6.07, 6.45) is 8.70. The number of esters is 1. The molecule has 10 heteroatoms. The van der Waals surface area contributed by atoms with Crippen molar-refractivity contribution in [3.05, 3.63) is 61.2 Å². The first-order valence-corrected chi connectivity index (χ1v) is 17.8. The second kappa shape index (κ2) is 17.2. The largest absolute Gasteiger partial charge is 0.455 e. The second-order valence-electron chi connectivity index (χ2n) is 13.5. The number of carbonyl (C=O) groups is 4. The van der Waals surface area contributed by atoms with Gasteiger partial charge in [0.1, 0.15) is 17.7 Å². The fourth-order valence-corrected chi connectivity index (χ4v) is 7.81. The highest BCUT2D eigenvalue weighted by Gasteiger charge is 2.75. The first-order chi connectivity index (χ1) is 23.2. The lowest BCUT2D eigenvalue weighted by Crippen LogP contribution is -2.56. The molecule has 2 bridgehead atoms. The van der Waals surface area contributed by atoms with E-state index < -0.39 is 47.7 Å². The number of benzene rings is 1. The summed E-state index contributed by atoms with van der Waals surface area (Å²) in [5.74, 6) is -2.79. The zero-order chi connectivity index (χ0) is 34.8. The third-order valence-corrected chi connectivity index (χ3v) is 10.4. The van der Waals surface area contributed by atoms with Gasteiger partial charge >= 0.3 is 5.97 Å². The Morgan fingerprint density at radius 3 is 2.54 bits per heavy atom. The van der Waals surface area contributed by atoms with Crippen LogP contribution in [0.2, 0.25) is 0 Å². The van der Waals surface area contributed by atoms with Gasteiger partial charge in [0.2, 0.25) is 17.7 Å². The maximum Gasteiger partial charge on any atom is 0.313 e. The molecule has 3 amide bonds. The van der Waals surface area contributed by atoms with Crippen molar-refractivity contribution in [3.63, 3.8) is 0 Å². The molecular formula is C38H55N3O7. The standard InChI is InChI=1S/C38H55N3O7/c1-6-9-15-24-40(23-8-3)36(45)34-38-22-21-29(48-38)31(32(38)35(44)41(34)25-16-12-17-26-42)37(46)47-33(28-18-13-11-14-19-28)27(4)39(5)30(43)20-10-7-2/h7-8,11,13-14,18-19,27,29,31-34,42H,2-3,6,9-10,12,15-17,20-26H2,1,4-5H3/t27-,29+,31-,32-,33+,34+,38-/m1/s1. The Labute approximate surface area is 286 Å². The maximum absolute atomic E-state index is 14.4. The monoisotopic (exact) mass is 665 g/mol. The van der Waals surface area contributed by atoms with Gasteiger partial charge in [0.25, 0.3) is 0 Å². The molecule has 3 aliphatic rings. The van der Waals surface area contributed by atoms with E-state index in [-0.39, 0.29) is 24.3 Å². The molecular weight excluding hydrogens is 610 g/mol. The fraction of sp³-hybridized carbons (Fsp3) is 0.632. The van der Waals surface area contributed by atoms with Crippen LogP contribution < -0.4 is 0 Å². The molecule has 0 radical (unpaired) electrons. The van der Waals surface area contributed by atoms with Crippen molar-refractivity contribution >= 4 is 23.7 Å².